The standard InChI is InChI=1S/C14H15F3N2O/c15-14(16,17)11-4-2-1-3-10(11)12(20)19-8-7-18-13(9-19)5-6-13/h1-4,18H,5-9H2. The lowest BCUT2D eigenvalue weighted by atomic mass is 10.0. The van der Waals surface area contributed by atoms with Crippen LogP contribution in [0, 0.1) is 0 Å². The molecule has 2 aliphatic rings. The predicted molar refractivity (Wildman–Crippen MR) is 67.3 cm³/mol. The molecule has 0 unspecified atom stereocenters. The minimum Gasteiger partial charge on any atom is -0.336 e. The number of halogens is 3. The Morgan fingerprint density at radius 3 is 2.60 bits per heavy atom. The molecule has 1 spiro atoms. The fourth-order valence-electron chi connectivity index (χ4n) is 2.70. The molecule has 3 nitrogen and oxygen atoms in total. The highest BCUT2D eigenvalue weighted by Crippen LogP contribution is 2.38. The average Bonchev–Trinajstić information content (AvgIpc) is 3.16. The molecule has 0 atom stereocenters. The van der Waals surface area contributed by atoms with Crippen molar-refractivity contribution in [2.45, 2.75) is 24.6 Å². The third kappa shape index (κ3) is 2.40. The first kappa shape index (κ1) is 13.4. The van der Waals surface area contributed by atoms with E-state index in [0.717, 1.165) is 18.9 Å². The Morgan fingerprint density at radius 2 is 1.95 bits per heavy atom. The number of carbonyl (C=O) groups excluding carboxylic acids is 1. The predicted octanol–water partition coefficient (Wildman–Crippen LogP) is 2.28. The third-order valence-electron chi connectivity index (χ3n) is 3.98. The van der Waals surface area contributed by atoms with Crippen molar-refractivity contribution >= 4 is 5.91 Å². The van der Waals surface area contributed by atoms with E-state index in [9.17, 15) is 18.0 Å². The second kappa shape index (κ2) is 4.48. The van der Waals surface area contributed by atoms with Crippen LogP contribution in [-0.2, 0) is 6.18 Å². The number of hydrogen-bond acceptors (Lipinski definition) is 2. The highest BCUT2D eigenvalue weighted by Gasteiger charge is 2.47. The van der Waals surface area contributed by atoms with E-state index >= 15 is 0 Å². The molecule has 3 rings (SSSR count). The first-order valence-electron chi connectivity index (χ1n) is 6.62. The molecule has 0 aromatic heterocycles. The Morgan fingerprint density at radius 1 is 1.25 bits per heavy atom. The second-order valence-electron chi connectivity index (χ2n) is 5.48. The number of rotatable bonds is 1. The molecule has 1 aliphatic heterocycles. The van der Waals surface area contributed by atoms with Crippen LogP contribution < -0.4 is 5.32 Å². The van der Waals surface area contributed by atoms with Gasteiger partial charge in [0.25, 0.3) is 5.91 Å². The summed E-state index contributed by atoms with van der Waals surface area (Å²) in [4.78, 5) is 13.9. The van der Waals surface area contributed by atoms with Crippen LogP contribution in [0.4, 0.5) is 13.2 Å². The number of piperazine rings is 1. The van der Waals surface area contributed by atoms with Gasteiger partial charge >= 0.3 is 6.18 Å². The molecule has 0 radical (unpaired) electrons. The second-order valence-corrected chi connectivity index (χ2v) is 5.48. The van der Waals surface area contributed by atoms with E-state index in [1.165, 1.54) is 23.1 Å². The fourth-order valence-corrected chi connectivity index (χ4v) is 2.70. The van der Waals surface area contributed by atoms with Crippen LogP contribution in [0.3, 0.4) is 0 Å². The van der Waals surface area contributed by atoms with Crippen molar-refractivity contribution in [1.29, 1.82) is 0 Å². The highest BCUT2D eigenvalue weighted by molar-refractivity contribution is 5.96. The molecular formula is C14H15F3N2O. The lowest BCUT2D eigenvalue weighted by molar-refractivity contribution is -0.138. The molecular weight excluding hydrogens is 269 g/mol. The summed E-state index contributed by atoms with van der Waals surface area (Å²) in [5.74, 6) is -0.522. The maximum atomic E-state index is 13.0. The van der Waals surface area contributed by atoms with Crippen LogP contribution in [0.5, 0.6) is 0 Å². The number of benzene rings is 1. The summed E-state index contributed by atoms with van der Waals surface area (Å²) in [6.07, 6.45) is -2.53. The Labute approximate surface area is 114 Å². The molecule has 1 saturated carbocycles. The maximum Gasteiger partial charge on any atom is 0.417 e. The van der Waals surface area contributed by atoms with E-state index in [0.29, 0.717) is 19.6 Å². The van der Waals surface area contributed by atoms with Crippen molar-refractivity contribution in [3.05, 3.63) is 35.4 Å². The van der Waals surface area contributed by atoms with Crippen LogP contribution in [0.1, 0.15) is 28.8 Å². The monoisotopic (exact) mass is 284 g/mol. The summed E-state index contributed by atoms with van der Waals surface area (Å²) in [6.45, 7) is 1.59. The van der Waals surface area contributed by atoms with E-state index in [4.69, 9.17) is 0 Å². The minimum absolute atomic E-state index is 0.0406. The normalized spacial score (nSPS) is 21.1. The van der Waals surface area contributed by atoms with Gasteiger partial charge in [-0.1, -0.05) is 12.1 Å². The van der Waals surface area contributed by atoms with Crippen LogP contribution >= 0.6 is 0 Å². The van der Waals surface area contributed by atoms with Crippen LogP contribution in [0.15, 0.2) is 24.3 Å². The van der Waals surface area contributed by atoms with Crippen molar-refractivity contribution < 1.29 is 18.0 Å². The van der Waals surface area contributed by atoms with Gasteiger partial charge in [-0.2, -0.15) is 13.2 Å². The first-order chi connectivity index (χ1) is 9.41. The summed E-state index contributed by atoms with van der Waals surface area (Å²) in [5.41, 5.74) is -1.15. The number of alkyl halides is 3. The summed E-state index contributed by atoms with van der Waals surface area (Å²) in [6, 6.07) is 4.99. The molecule has 2 fully saturated rings. The van der Waals surface area contributed by atoms with Gasteiger partial charge in [-0.25, -0.2) is 0 Å². The summed E-state index contributed by atoms with van der Waals surface area (Å²) in [5, 5.41) is 3.33. The zero-order valence-corrected chi connectivity index (χ0v) is 10.8. The lowest BCUT2D eigenvalue weighted by Gasteiger charge is -2.34. The molecule has 1 aliphatic carbocycles. The van der Waals surface area contributed by atoms with E-state index in [1.54, 1.807) is 0 Å². The molecule has 20 heavy (non-hydrogen) atoms. The Kier molecular flexibility index (Phi) is 3.01. The Bertz CT molecular complexity index is 537. The van der Waals surface area contributed by atoms with Crippen LogP contribution in [0.25, 0.3) is 0 Å². The number of carbonyl (C=O) groups is 1. The maximum absolute atomic E-state index is 13.0. The Balaban J connectivity index is 1.87. The summed E-state index contributed by atoms with van der Waals surface area (Å²) < 4.78 is 38.9. The van der Waals surface area contributed by atoms with E-state index < -0.39 is 17.6 Å². The SMILES string of the molecule is O=C(c1ccccc1C(F)(F)F)N1CCNC2(CC2)C1. The van der Waals surface area contributed by atoms with E-state index in [2.05, 4.69) is 5.32 Å². The van der Waals surface area contributed by atoms with Crippen molar-refractivity contribution in [1.82, 2.24) is 10.2 Å². The molecule has 1 heterocycles. The number of nitrogens with one attached hydrogen (secondary N) is 1. The summed E-state index contributed by atoms with van der Waals surface area (Å²) >= 11 is 0. The summed E-state index contributed by atoms with van der Waals surface area (Å²) in [7, 11) is 0. The largest absolute Gasteiger partial charge is 0.417 e. The first-order valence-corrected chi connectivity index (χ1v) is 6.62. The zero-order chi connectivity index (χ0) is 14.4. The van der Waals surface area contributed by atoms with Gasteiger partial charge in [-0.05, 0) is 25.0 Å². The van der Waals surface area contributed by atoms with Gasteiger partial charge in [0.15, 0.2) is 0 Å². The van der Waals surface area contributed by atoms with Crippen molar-refractivity contribution in [3.63, 3.8) is 0 Å². The topological polar surface area (TPSA) is 32.3 Å². The van der Waals surface area contributed by atoms with Gasteiger partial charge in [-0.15, -0.1) is 0 Å². The smallest absolute Gasteiger partial charge is 0.336 e. The Hall–Kier alpha value is -1.56. The van der Waals surface area contributed by atoms with Crippen molar-refractivity contribution in [2.75, 3.05) is 19.6 Å². The van der Waals surface area contributed by atoms with Gasteiger partial charge in [0.2, 0.25) is 0 Å². The fraction of sp³-hybridized carbons (Fsp3) is 0.500. The number of hydrogen-bond donors (Lipinski definition) is 1. The van der Waals surface area contributed by atoms with Crippen LogP contribution in [-0.4, -0.2) is 36.0 Å². The highest BCUT2D eigenvalue weighted by atomic mass is 19.4. The molecule has 108 valence electrons. The van der Waals surface area contributed by atoms with Gasteiger partial charge in [0.05, 0.1) is 11.1 Å². The van der Waals surface area contributed by atoms with Gasteiger partial charge < -0.3 is 10.2 Å². The molecule has 1 N–H and O–H groups in total. The van der Waals surface area contributed by atoms with Gasteiger partial charge in [0.1, 0.15) is 0 Å². The van der Waals surface area contributed by atoms with Crippen molar-refractivity contribution in [2.24, 2.45) is 0 Å². The van der Waals surface area contributed by atoms with Gasteiger partial charge in [-0.3, -0.25) is 4.79 Å². The molecule has 1 saturated heterocycles. The third-order valence-corrected chi connectivity index (χ3v) is 3.98. The molecule has 6 heteroatoms. The molecule has 0 bridgehead atoms. The van der Waals surface area contributed by atoms with E-state index in [1.807, 2.05) is 0 Å². The molecule has 1 amide bonds. The average molecular weight is 284 g/mol. The number of amides is 1. The zero-order valence-electron chi connectivity index (χ0n) is 10.8. The quantitative estimate of drug-likeness (QED) is 0.858. The molecule has 1 aromatic rings. The van der Waals surface area contributed by atoms with Crippen LogP contribution in [0.2, 0.25) is 0 Å². The number of nitrogens with zero attached hydrogens (tertiary/aromatic N) is 1. The lowest BCUT2D eigenvalue weighted by Crippen LogP contribution is -2.54. The van der Waals surface area contributed by atoms with E-state index in [-0.39, 0.29) is 11.1 Å². The minimum atomic E-state index is -4.50. The molecule has 1 aromatic carbocycles. The van der Waals surface area contributed by atoms with Gasteiger partial charge in [0, 0.05) is 25.2 Å². The van der Waals surface area contributed by atoms with Crippen molar-refractivity contribution in [3.8, 4) is 0 Å².